The summed E-state index contributed by atoms with van der Waals surface area (Å²) in [5, 5.41) is 2.80. The summed E-state index contributed by atoms with van der Waals surface area (Å²) in [6.07, 6.45) is 2.24. The average Bonchev–Trinajstić information content (AvgIpc) is 2.82. The molecule has 1 aliphatic rings. The van der Waals surface area contributed by atoms with Crippen LogP contribution in [0.3, 0.4) is 0 Å². The third-order valence-electron chi connectivity index (χ3n) is 5.85. The Bertz CT molecular complexity index is 1040. The number of hydrogen-bond donors (Lipinski definition) is 1. The number of benzene rings is 2. The molecule has 1 amide bonds. The van der Waals surface area contributed by atoms with Crippen LogP contribution in [0.4, 0.5) is 0 Å². The first-order valence-corrected chi connectivity index (χ1v) is 13.3. The summed E-state index contributed by atoms with van der Waals surface area (Å²) in [5.74, 6) is 0.966. The quantitative estimate of drug-likeness (QED) is 0.537. The van der Waals surface area contributed by atoms with Crippen LogP contribution in [-0.4, -0.2) is 51.0 Å². The molecule has 7 nitrogen and oxygen atoms in total. The fraction of sp³-hybridized carbons (Fsp3) is 0.500. The number of sulfonamides is 1. The molecule has 8 heteroatoms. The highest BCUT2D eigenvalue weighted by Gasteiger charge is 2.25. The molecule has 1 unspecified atom stereocenters. The van der Waals surface area contributed by atoms with Crippen LogP contribution in [0.1, 0.15) is 52.5 Å². The van der Waals surface area contributed by atoms with Crippen LogP contribution in [0.15, 0.2) is 53.4 Å². The van der Waals surface area contributed by atoms with Gasteiger partial charge < -0.3 is 14.8 Å². The van der Waals surface area contributed by atoms with E-state index in [0.717, 1.165) is 19.3 Å². The average molecular weight is 489 g/mol. The highest BCUT2D eigenvalue weighted by Crippen LogP contribution is 2.25. The summed E-state index contributed by atoms with van der Waals surface area (Å²) in [6.45, 7) is 9.86. The molecule has 0 aromatic heterocycles. The van der Waals surface area contributed by atoms with Gasteiger partial charge in [-0.1, -0.05) is 39.3 Å². The molecule has 1 aliphatic heterocycles. The summed E-state index contributed by atoms with van der Waals surface area (Å²) in [5.41, 5.74) is 1.26. The molecule has 1 atom stereocenters. The van der Waals surface area contributed by atoms with Crippen molar-refractivity contribution in [2.75, 3.05) is 26.2 Å². The van der Waals surface area contributed by atoms with Gasteiger partial charge in [0.05, 0.1) is 11.4 Å². The van der Waals surface area contributed by atoms with E-state index < -0.39 is 16.1 Å². The molecular weight excluding hydrogens is 452 g/mol. The molecule has 0 saturated carbocycles. The molecule has 2 aromatic carbocycles. The topological polar surface area (TPSA) is 84.9 Å². The van der Waals surface area contributed by atoms with Crippen LogP contribution in [0.25, 0.3) is 0 Å². The van der Waals surface area contributed by atoms with Crippen LogP contribution >= 0.6 is 0 Å². The normalized spacial score (nSPS) is 16.0. The van der Waals surface area contributed by atoms with Gasteiger partial charge in [0.2, 0.25) is 10.0 Å². The van der Waals surface area contributed by atoms with Gasteiger partial charge in [-0.05, 0) is 67.1 Å². The fourth-order valence-corrected chi connectivity index (χ4v) is 5.26. The van der Waals surface area contributed by atoms with Crippen molar-refractivity contribution < 1.29 is 22.7 Å². The molecule has 1 saturated heterocycles. The molecule has 3 rings (SSSR count). The van der Waals surface area contributed by atoms with E-state index in [0.29, 0.717) is 31.1 Å². The van der Waals surface area contributed by atoms with E-state index in [-0.39, 0.29) is 22.8 Å². The summed E-state index contributed by atoms with van der Waals surface area (Å²) in [7, 11) is -3.45. The second kappa shape index (κ2) is 11.2. The third kappa shape index (κ3) is 6.96. The number of amides is 1. The zero-order valence-electron chi connectivity index (χ0n) is 20.5. The van der Waals surface area contributed by atoms with E-state index in [1.54, 1.807) is 35.5 Å². The Morgan fingerprint density at radius 1 is 0.971 bits per heavy atom. The van der Waals surface area contributed by atoms with Gasteiger partial charge in [-0.2, -0.15) is 4.31 Å². The maximum absolute atomic E-state index is 12.7. The van der Waals surface area contributed by atoms with Gasteiger partial charge in [0.1, 0.15) is 18.1 Å². The van der Waals surface area contributed by atoms with E-state index in [4.69, 9.17) is 9.47 Å². The number of carbonyl (C=O) groups excluding carboxylic acids is 1. The molecule has 2 aromatic rings. The highest BCUT2D eigenvalue weighted by atomic mass is 32.2. The van der Waals surface area contributed by atoms with Gasteiger partial charge in [-0.3, -0.25) is 4.79 Å². The van der Waals surface area contributed by atoms with Crippen molar-refractivity contribution >= 4 is 15.9 Å². The minimum atomic E-state index is -3.45. The zero-order valence-corrected chi connectivity index (χ0v) is 21.4. The van der Waals surface area contributed by atoms with Gasteiger partial charge in [0, 0.05) is 13.1 Å². The molecule has 1 N–H and O–H groups in total. The first-order chi connectivity index (χ1) is 16.1. The molecule has 1 fully saturated rings. The Hall–Kier alpha value is -2.58. The molecule has 0 bridgehead atoms. The minimum Gasteiger partial charge on any atom is -0.492 e. The molecule has 0 aliphatic carbocycles. The van der Waals surface area contributed by atoms with Gasteiger partial charge in [0.15, 0.2) is 6.10 Å². The van der Waals surface area contributed by atoms with E-state index in [1.807, 2.05) is 24.3 Å². The van der Waals surface area contributed by atoms with Gasteiger partial charge in [-0.15, -0.1) is 0 Å². The first-order valence-electron chi connectivity index (χ1n) is 11.9. The largest absolute Gasteiger partial charge is 0.492 e. The maximum Gasteiger partial charge on any atom is 0.260 e. The van der Waals surface area contributed by atoms with Gasteiger partial charge in [0.25, 0.3) is 5.91 Å². The number of ether oxygens (including phenoxy) is 2. The van der Waals surface area contributed by atoms with E-state index >= 15 is 0 Å². The lowest BCUT2D eigenvalue weighted by Gasteiger charge is -2.25. The van der Waals surface area contributed by atoms with Crippen molar-refractivity contribution in [2.24, 2.45) is 0 Å². The van der Waals surface area contributed by atoms with Crippen LogP contribution < -0.4 is 14.8 Å². The van der Waals surface area contributed by atoms with Gasteiger partial charge in [-0.25, -0.2) is 8.42 Å². The predicted octanol–water partition coefficient (Wildman–Crippen LogP) is 4.12. The second-order valence-corrected chi connectivity index (χ2v) is 11.5. The van der Waals surface area contributed by atoms with Crippen LogP contribution in [0.2, 0.25) is 0 Å². The molecule has 0 spiro atoms. The van der Waals surface area contributed by atoms with Crippen molar-refractivity contribution in [1.82, 2.24) is 9.62 Å². The lowest BCUT2D eigenvalue weighted by molar-refractivity contribution is -0.127. The minimum absolute atomic E-state index is 0.0589. The third-order valence-corrected chi connectivity index (χ3v) is 7.76. The first kappa shape index (κ1) is 26.0. The van der Waals surface area contributed by atoms with Gasteiger partial charge >= 0.3 is 0 Å². The lowest BCUT2D eigenvalue weighted by atomic mass is 9.87. The highest BCUT2D eigenvalue weighted by molar-refractivity contribution is 7.89. The van der Waals surface area contributed by atoms with Crippen molar-refractivity contribution in [3.8, 4) is 11.5 Å². The summed E-state index contributed by atoms with van der Waals surface area (Å²) in [6, 6.07) is 14.2. The maximum atomic E-state index is 12.7. The van der Waals surface area contributed by atoms with E-state index in [2.05, 4.69) is 26.1 Å². The van der Waals surface area contributed by atoms with Crippen molar-refractivity contribution in [3.05, 3.63) is 54.1 Å². The molecular formula is C26H36N2O5S. The fourth-order valence-electron chi connectivity index (χ4n) is 3.74. The molecule has 0 radical (unpaired) electrons. The smallest absolute Gasteiger partial charge is 0.260 e. The SMILES string of the molecule is CC(Oc1ccc(C(C)(C)C)cc1)C(=O)NCCOc1ccc(S(=O)(=O)N2CCCCC2)cc1. The standard InChI is InChI=1S/C26H36N2O5S/c1-20(33-23-10-8-21(9-11-23)26(2,3)4)25(29)27-16-19-32-22-12-14-24(15-13-22)34(30,31)28-17-6-5-7-18-28/h8-15,20H,5-7,16-19H2,1-4H3,(H,27,29). The Labute approximate surface area is 203 Å². The Kier molecular flexibility index (Phi) is 8.60. The summed E-state index contributed by atoms with van der Waals surface area (Å²) < 4.78 is 38.4. The second-order valence-electron chi connectivity index (χ2n) is 9.61. The molecule has 1 heterocycles. The molecule has 186 valence electrons. The number of hydrogen-bond acceptors (Lipinski definition) is 5. The Morgan fingerprint density at radius 3 is 2.15 bits per heavy atom. The number of piperidine rings is 1. The lowest BCUT2D eigenvalue weighted by Crippen LogP contribution is -2.38. The number of rotatable bonds is 9. The summed E-state index contributed by atoms with van der Waals surface area (Å²) in [4.78, 5) is 12.6. The van der Waals surface area contributed by atoms with E-state index in [9.17, 15) is 13.2 Å². The summed E-state index contributed by atoms with van der Waals surface area (Å²) >= 11 is 0. The number of nitrogens with one attached hydrogen (secondary N) is 1. The van der Waals surface area contributed by atoms with Crippen LogP contribution in [-0.2, 0) is 20.2 Å². The van der Waals surface area contributed by atoms with E-state index in [1.165, 1.54) is 5.56 Å². The number of nitrogens with zero attached hydrogens (tertiary/aromatic N) is 1. The Morgan fingerprint density at radius 2 is 1.56 bits per heavy atom. The predicted molar refractivity (Wildman–Crippen MR) is 133 cm³/mol. The monoisotopic (exact) mass is 488 g/mol. The van der Waals surface area contributed by atoms with Crippen LogP contribution in [0, 0.1) is 0 Å². The van der Waals surface area contributed by atoms with Crippen molar-refractivity contribution in [3.63, 3.8) is 0 Å². The number of carbonyl (C=O) groups is 1. The van der Waals surface area contributed by atoms with Crippen LogP contribution in [0.5, 0.6) is 11.5 Å². The van der Waals surface area contributed by atoms with Crippen molar-refractivity contribution in [2.45, 2.75) is 63.4 Å². The zero-order chi connectivity index (χ0) is 24.8. The Balaban J connectivity index is 1.42. The van der Waals surface area contributed by atoms with Crippen molar-refractivity contribution in [1.29, 1.82) is 0 Å². The molecule has 34 heavy (non-hydrogen) atoms.